The first kappa shape index (κ1) is 8.59. The highest BCUT2D eigenvalue weighted by Gasteiger charge is 2.54. The molecule has 2 fully saturated rings. The highest BCUT2D eigenvalue weighted by molar-refractivity contribution is 5.03. The van der Waals surface area contributed by atoms with Gasteiger partial charge in [0.1, 0.15) is 0 Å². The summed E-state index contributed by atoms with van der Waals surface area (Å²) in [5.41, 5.74) is 0. The quantitative estimate of drug-likeness (QED) is 0.588. The molecule has 12 heavy (non-hydrogen) atoms. The molecule has 0 aromatic carbocycles. The fraction of sp³-hybridized carbons (Fsp3) is 1.00. The lowest BCUT2D eigenvalue weighted by Crippen LogP contribution is -2.22. The number of hydrogen-bond acceptors (Lipinski definition) is 0. The van der Waals surface area contributed by atoms with Crippen molar-refractivity contribution in [2.45, 2.75) is 40.5 Å². The minimum atomic E-state index is 0.921. The summed E-state index contributed by atoms with van der Waals surface area (Å²) in [7, 11) is 0. The van der Waals surface area contributed by atoms with Crippen molar-refractivity contribution in [3.8, 4) is 0 Å². The number of fused-ring (bicyclic) bond motifs is 1. The molecule has 0 aromatic rings. The smallest absolute Gasteiger partial charge is 0.0329 e. The molecule has 0 nitrogen and oxygen atoms in total. The van der Waals surface area contributed by atoms with Gasteiger partial charge in [-0.05, 0) is 48.3 Å². The van der Waals surface area contributed by atoms with E-state index in [2.05, 4.69) is 27.7 Å². The second-order valence-corrected chi connectivity index (χ2v) is 5.62. The summed E-state index contributed by atoms with van der Waals surface area (Å²) >= 11 is 0. The molecule has 0 saturated heterocycles. The molecule has 0 heterocycles. The van der Waals surface area contributed by atoms with E-state index in [4.69, 9.17) is 0 Å². The Kier molecular flexibility index (Phi) is 1.97. The average molecular weight is 166 g/mol. The standard InChI is InChI=1S/C12H22/c1-7(2)10-5-9-6-11(9)12(10)8(3)4/h7-12H,5-6H2,1-4H3/t9-,10?,11+,12?/m1/s1. The van der Waals surface area contributed by atoms with Crippen LogP contribution >= 0.6 is 0 Å². The monoisotopic (exact) mass is 166 g/mol. The molecule has 0 radical (unpaired) electrons. The summed E-state index contributed by atoms with van der Waals surface area (Å²) in [5.74, 6) is 6.24. The zero-order valence-corrected chi connectivity index (χ0v) is 8.88. The van der Waals surface area contributed by atoms with Gasteiger partial charge in [-0.1, -0.05) is 27.7 Å². The zero-order chi connectivity index (χ0) is 8.88. The van der Waals surface area contributed by atoms with Gasteiger partial charge in [0, 0.05) is 0 Å². The first-order chi connectivity index (χ1) is 5.61. The molecule has 0 aromatic heterocycles. The van der Waals surface area contributed by atoms with Gasteiger partial charge in [-0.15, -0.1) is 0 Å². The highest BCUT2D eigenvalue weighted by atomic mass is 14.6. The van der Waals surface area contributed by atoms with Crippen LogP contribution in [-0.4, -0.2) is 0 Å². The van der Waals surface area contributed by atoms with Gasteiger partial charge in [-0.2, -0.15) is 0 Å². The summed E-state index contributed by atoms with van der Waals surface area (Å²) in [6.45, 7) is 9.65. The van der Waals surface area contributed by atoms with Crippen LogP contribution in [0.4, 0.5) is 0 Å². The number of hydrogen-bond donors (Lipinski definition) is 0. The first-order valence-electron chi connectivity index (χ1n) is 5.61. The van der Waals surface area contributed by atoms with Gasteiger partial charge < -0.3 is 0 Å². The van der Waals surface area contributed by atoms with Gasteiger partial charge in [0.15, 0.2) is 0 Å². The zero-order valence-electron chi connectivity index (χ0n) is 8.88. The summed E-state index contributed by atoms with van der Waals surface area (Å²) in [4.78, 5) is 0. The minimum absolute atomic E-state index is 0.921. The maximum atomic E-state index is 2.42. The van der Waals surface area contributed by atoms with Crippen molar-refractivity contribution in [2.75, 3.05) is 0 Å². The molecule has 0 bridgehead atoms. The van der Waals surface area contributed by atoms with Crippen molar-refractivity contribution in [2.24, 2.45) is 35.5 Å². The van der Waals surface area contributed by atoms with Crippen molar-refractivity contribution < 1.29 is 0 Å². The van der Waals surface area contributed by atoms with E-state index < -0.39 is 0 Å². The third kappa shape index (κ3) is 1.20. The van der Waals surface area contributed by atoms with E-state index in [0.29, 0.717) is 0 Å². The van der Waals surface area contributed by atoms with E-state index >= 15 is 0 Å². The predicted molar refractivity (Wildman–Crippen MR) is 52.9 cm³/mol. The Labute approximate surface area is 76.7 Å². The van der Waals surface area contributed by atoms with Crippen LogP contribution in [0.5, 0.6) is 0 Å². The molecule has 2 aliphatic rings. The van der Waals surface area contributed by atoms with E-state index in [1.54, 1.807) is 12.8 Å². The molecule has 4 atom stereocenters. The molecule has 2 saturated carbocycles. The fourth-order valence-electron chi connectivity index (χ4n) is 3.54. The van der Waals surface area contributed by atoms with E-state index in [9.17, 15) is 0 Å². The summed E-state index contributed by atoms with van der Waals surface area (Å²) in [5, 5.41) is 0. The Morgan fingerprint density at radius 2 is 1.58 bits per heavy atom. The third-order valence-corrected chi connectivity index (χ3v) is 4.17. The summed E-state index contributed by atoms with van der Waals surface area (Å²) < 4.78 is 0. The minimum Gasteiger partial charge on any atom is -0.0625 e. The maximum absolute atomic E-state index is 2.42. The second-order valence-electron chi connectivity index (χ2n) is 5.62. The van der Waals surface area contributed by atoms with Gasteiger partial charge >= 0.3 is 0 Å². The fourth-order valence-corrected chi connectivity index (χ4v) is 3.54. The molecule has 2 rings (SSSR count). The van der Waals surface area contributed by atoms with Crippen molar-refractivity contribution in [1.82, 2.24) is 0 Å². The van der Waals surface area contributed by atoms with Gasteiger partial charge in [-0.25, -0.2) is 0 Å². The molecule has 2 unspecified atom stereocenters. The van der Waals surface area contributed by atoms with Crippen LogP contribution in [0, 0.1) is 35.5 Å². The molecule has 0 heteroatoms. The Morgan fingerprint density at radius 3 is 2.00 bits per heavy atom. The van der Waals surface area contributed by atoms with Crippen LogP contribution in [0.2, 0.25) is 0 Å². The van der Waals surface area contributed by atoms with Crippen LogP contribution in [0.15, 0.2) is 0 Å². The normalized spacial score (nSPS) is 45.5. The van der Waals surface area contributed by atoms with E-state index in [0.717, 1.165) is 35.5 Å². The van der Waals surface area contributed by atoms with E-state index in [-0.39, 0.29) is 0 Å². The molecule has 70 valence electrons. The Hall–Kier alpha value is 0. The van der Waals surface area contributed by atoms with Crippen LogP contribution < -0.4 is 0 Å². The van der Waals surface area contributed by atoms with Crippen LogP contribution in [0.3, 0.4) is 0 Å². The Bertz CT molecular complexity index is 169. The van der Waals surface area contributed by atoms with Crippen LogP contribution in [-0.2, 0) is 0 Å². The molecule has 0 N–H and O–H groups in total. The van der Waals surface area contributed by atoms with Gasteiger partial charge in [0.05, 0.1) is 0 Å². The van der Waals surface area contributed by atoms with Gasteiger partial charge in [-0.3, -0.25) is 0 Å². The van der Waals surface area contributed by atoms with E-state index in [1.165, 1.54) is 0 Å². The average Bonchev–Trinajstić information content (AvgIpc) is 2.60. The SMILES string of the molecule is CC(C)C1C[C@@H]2C[C@@H]2C1C(C)C. The van der Waals surface area contributed by atoms with Crippen LogP contribution in [0.1, 0.15) is 40.5 Å². The lowest BCUT2D eigenvalue weighted by molar-refractivity contribution is 0.201. The van der Waals surface area contributed by atoms with E-state index in [1.807, 2.05) is 0 Å². The van der Waals surface area contributed by atoms with Gasteiger partial charge in [0.2, 0.25) is 0 Å². The molecule has 0 spiro atoms. The molecule has 2 aliphatic carbocycles. The second kappa shape index (κ2) is 2.75. The maximum Gasteiger partial charge on any atom is -0.0329 e. The molecule has 0 amide bonds. The van der Waals surface area contributed by atoms with Crippen molar-refractivity contribution in [3.63, 3.8) is 0 Å². The lowest BCUT2D eigenvalue weighted by atomic mass is 9.77. The molecule has 0 aliphatic heterocycles. The van der Waals surface area contributed by atoms with Crippen molar-refractivity contribution in [3.05, 3.63) is 0 Å². The molecular formula is C12H22. The van der Waals surface area contributed by atoms with Crippen molar-refractivity contribution >= 4 is 0 Å². The highest BCUT2D eigenvalue weighted by Crippen LogP contribution is 2.61. The largest absolute Gasteiger partial charge is 0.0625 e. The van der Waals surface area contributed by atoms with Gasteiger partial charge in [0.25, 0.3) is 0 Å². The number of rotatable bonds is 2. The first-order valence-corrected chi connectivity index (χ1v) is 5.61. The topological polar surface area (TPSA) is 0 Å². The Morgan fingerprint density at radius 1 is 0.917 bits per heavy atom. The lowest BCUT2D eigenvalue weighted by Gasteiger charge is -2.29. The third-order valence-electron chi connectivity index (χ3n) is 4.17. The molecular weight excluding hydrogens is 144 g/mol. The van der Waals surface area contributed by atoms with Crippen molar-refractivity contribution in [1.29, 1.82) is 0 Å². The Balaban J connectivity index is 2.06. The predicted octanol–water partition coefficient (Wildman–Crippen LogP) is 3.57. The summed E-state index contributed by atoms with van der Waals surface area (Å²) in [6, 6.07) is 0. The van der Waals surface area contributed by atoms with Crippen LogP contribution in [0.25, 0.3) is 0 Å². The summed E-state index contributed by atoms with van der Waals surface area (Å²) in [6.07, 6.45) is 3.11.